The molecule has 0 fully saturated rings. The first-order chi connectivity index (χ1) is 8.75. The molecule has 0 spiro atoms. The zero-order valence-electron chi connectivity index (χ0n) is 10.8. The van der Waals surface area contributed by atoms with Crippen LogP contribution in [0.4, 0.5) is 5.69 Å². The number of hydrogen-bond donors (Lipinski definition) is 1. The Bertz CT molecular complexity index is 483. The first kappa shape index (κ1) is 12.4. The molecule has 0 amide bonds. The first-order valence-electron chi connectivity index (χ1n) is 6.14. The number of nitrogens with zero attached hydrogens (tertiary/aromatic N) is 1. The maximum Gasteiger partial charge on any atom is 0.124 e. The van der Waals surface area contributed by atoms with Gasteiger partial charge in [0.25, 0.3) is 0 Å². The van der Waals surface area contributed by atoms with Crippen LogP contribution in [0, 0.1) is 0 Å². The van der Waals surface area contributed by atoms with Crippen LogP contribution in [0.2, 0.25) is 0 Å². The fourth-order valence-electron chi connectivity index (χ4n) is 1.68. The van der Waals surface area contributed by atoms with Crippen molar-refractivity contribution in [2.45, 2.75) is 26.5 Å². The Morgan fingerprint density at radius 2 is 2.00 bits per heavy atom. The predicted octanol–water partition coefficient (Wildman–Crippen LogP) is 3.48. The van der Waals surface area contributed by atoms with E-state index in [1.807, 2.05) is 50.4 Å². The van der Waals surface area contributed by atoms with Crippen LogP contribution in [0.5, 0.6) is 5.75 Å². The van der Waals surface area contributed by atoms with Gasteiger partial charge in [0.05, 0.1) is 11.8 Å². The summed E-state index contributed by atoms with van der Waals surface area (Å²) in [5.41, 5.74) is 2.16. The molecule has 2 aromatic rings. The summed E-state index contributed by atoms with van der Waals surface area (Å²) in [7, 11) is 0. The molecular weight excluding hydrogens is 224 g/mol. The lowest BCUT2D eigenvalue weighted by atomic mass is 10.2. The van der Waals surface area contributed by atoms with E-state index in [-0.39, 0.29) is 6.10 Å². The Kier molecular flexibility index (Phi) is 4.18. The molecule has 1 aromatic heterocycles. The van der Waals surface area contributed by atoms with Crippen molar-refractivity contribution in [3.63, 3.8) is 0 Å². The molecule has 0 radical (unpaired) electrons. The highest BCUT2D eigenvalue weighted by molar-refractivity contribution is 5.43. The Balaban J connectivity index is 2.05. The van der Waals surface area contributed by atoms with Gasteiger partial charge in [-0.25, -0.2) is 0 Å². The van der Waals surface area contributed by atoms with Crippen LogP contribution < -0.4 is 10.1 Å². The minimum atomic E-state index is 0.185. The highest BCUT2D eigenvalue weighted by atomic mass is 16.5. The molecule has 0 aliphatic carbocycles. The Morgan fingerprint density at radius 3 is 2.72 bits per heavy atom. The SMILES string of the molecule is CC(C)Oc1ccccc1CNc1cccnc1. The van der Waals surface area contributed by atoms with Gasteiger partial charge in [-0.2, -0.15) is 0 Å². The average molecular weight is 242 g/mol. The van der Waals surface area contributed by atoms with Crippen LogP contribution in [0.25, 0.3) is 0 Å². The third kappa shape index (κ3) is 3.48. The summed E-state index contributed by atoms with van der Waals surface area (Å²) in [6, 6.07) is 12.0. The molecule has 0 atom stereocenters. The molecule has 1 N–H and O–H groups in total. The number of benzene rings is 1. The zero-order valence-corrected chi connectivity index (χ0v) is 10.8. The van der Waals surface area contributed by atoms with E-state index in [9.17, 15) is 0 Å². The van der Waals surface area contributed by atoms with Gasteiger partial charge in [0.1, 0.15) is 5.75 Å². The van der Waals surface area contributed by atoms with Crippen LogP contribution in [-0.4, -0.2) is 11.1 Å². The zero-order chi connectivity index (χ0) is 12.8. The van der Waals surface area contributed by atoms with E-state index in [4.69, 9.17) is 4.74 Å². The maximum absolute atomic E-state index is 5.78. The second-order valence-electron chi connectivity index (χ2n) is 4.37. The minimum absolute atomic E-state index is 0.185. The van der Waals surface area contributed by atoms with Crippen molar-refractivity contribution in [2.75, 3.05) is 5.32 Å². The van der Waals surface area contributed by atoms with E-state index in [2.05, 4.69) is 16.4 Å². The van der Waals surface area contributed by atoms with E-state index >= 15 is 0 Å². The third-order valence-corrected chi connectivity index (χ3v) is 2.48. The molecule has 94 valence electrons. The second-order valence-corrected chi connectivity index (χ2v) is 4.37. The molecule has 0 aliphatic heterocycles. The molecule has 0 saturated carbocycles. The molecular formula is C15H18N2O. The van der Waals surface area contributed by atoms with Crippen molar-refractivity contribution in [3.05, 3.63) is 54.4 Å². The second kappa shape index (κ2) is 6.05. The normalized spacial score (nSPS) is 10.4. The number of rotatable bonds is 5. The topological polar surface area (TPSA) is 34.1 Å². The van der Waals surface area contributed by atoms with E-state index < -0.39 is 0 Å². The molecule has 3 nitrogen and oxygen atoms in total. The van der Waals surface area contributed by atoms with Gasteiger partial charge in [-0.3, -0.25) is 4.98 Å². The van der Waals surface area contributed by atoms with Gasteiger partial charge < -0.3 is 10.1 Å². The summed E-state index contributed by atoms with van der Waals surface area (Å²) in [4.78, 5) is 4.07. The number of aromatic nitrogens is 1. The number of nitrogens with one attached hydrogen (secondary N) is 1. The van der Waals surface area contributed by atoms with E-state index in [1.54, 1.807) is 6.20 Å². The average Bonchev–Trinajstić information content (AvgIpc) is 2.38. The van der Waals surface area contributed by atoms with E-state index in [0.29, 0.717) is 0 Å². The van der Waals surface area contributed by atoms with Gasteiger partial charge in [-0.05, 0) is 32.0 Å². The lowest BCUT2D eigenvalue weighted by Crippen LogP contribution is -2.09. The van der Waals surface area contributed by atoms with Gasteiger partial charge >= 0.3 is 0 Å². The summed E-state index contributed by atoms with van der Waals surface area (Å²) in [6.45, 7) is 4.80. The molecule has 3 heteroatoms. The Hall–Kier alpha value is -2.03. The van der Waals surface area contributed by atoms with Crippen LogP contribution in [0.1, 0.15) is 19.4 Å². The van der Waals surface area contributed by atoms with E-state index in [1.165, 1.54) is 0 Å². The van der Waals surface area contributed by atoms with Gasteiger partial charge in [-0.15, -0.1) is 0 Å². The number of para-hydroxylation sites is 1. The van der Waals surface area contributed by atoms with Crippen LogP contribution >= 0.6 is 0 Å². The van der Waals surface area contributed by atoms with E-state index in [0.717, 1.165) is 23.5 Å². The quantitative estimate of drug-likeness (QED) is 0.871. The van der Waals surface area contributed by atoms with Crippen LogP contribution in [-0.2, 0) is 6.54 Å². The van der Waals surface area contributed by atoms with Crippen LogP contribution in [0.3, 0.4) is 0 Å². The summed E-state index contributed by atoms with van der Waals surface area (Å²) < 4.78 is 5.78. The maximum atomic E-state index is 5.78. The standard InChI is InChI=1S/C15H18N2O/c1-12(2)18-15-8-4-3-6-13(15)10-17-14-7-5-9-16-11-14/h3-9,11-12,17H,10H2,1-2H3. The molecule has 0 unspecified atom stereocenters. The summed E-state index contributed by atoms with van der Waals surface area (Å²) in [5, 5.41) is 3.33. The molecule has 1 aromatic carbocycles. The Morgan fingerprint density at radius 1 is 1.17 bits per heavy atom. The van der Waals surface area contributed by atoms with Crippen molar-refractivity contribution in [1.29, 1.82) is 0 Å². The lowest BCUT2D eigenvalue weighted by molar-refractivity contribution is 0.240. The van der Waals surface area contributed by atoms with Crippen molar-refractivity contribution >= 4 is 5.69 Å². The monoisotopic (exact) mass is 242 g/mol. The van der Waals surface area contributed by atoms with Gasteiger partial charge in [0.15, 0.2) is 0 Å². The number of anilines is 1. The first-order valence-corrected chi connectivity index (χ1v) is 6.14. The molecule has 0 aliphatic rings. The minimum Gasteiger partial charge on any atom is -0.491 e. The van der Waals surface area contributed by atoms with Gasteiger partial charge in [0.2, 0.25) is 0 Å². The number of hydrogen-bond acceptors (Lipinski definition) is 3. The smallest absolute Gasteiger partial charge is 0.124 e. The highest BCUT2D eigenvalue weighted by Gasteiger charge is 2.04. The summed E-state index contributed by atoms with van der Waals surface area (Å²) in [5.74, 6) is 0.934. The summed E-state index contributed by atoms with van der Waals surface area (Å²) >= 11 is 0. The predicted molar refractivity (Wildman–Crippen MR) is 73.8 cm³/mol. The largest absolute Gasteiger partial charge is 0.491 e. The van der Waals surface area contributed by atoms with Crippen molar-refractivity contribution in [2.24, 2.45) is 0 Å². The molecule has 18 heavy (non-hydrogen) atoms. The van der Waals surface area contributed by atoms with Crippen molar-refractivity contribution < 1.29 is 4.74 Å². The van der Waals surface area contributed by atoms with Gasteiger partial charge in [0, 0.05) is 24.5 Å². The molecule has 0 saturated heterocycles. The fraction of sp³-hybridized carbons (Fsp3) is 0.267. The third-order valence-electron chi connectivity index (χ3n) is 2.48. The van der Waals surface area contributed by atoms with Crippen molar-refractivity contribution in [3.8, 4) is 5.75 Å². The molecule has 0 bridgehead atoms. The molecule has 2 rings (SSSR count). The van der Waals surface area contributed by atoms with Crippen molar-refractivity contribution in [1.82, 2.24) is 4.98 Å². The number of ether oxygens (including phenoxy) is 1. The highest BCUT2D eigenvalue weighted by Crippen LogP contribution is 2.20. The van der Waals surface area contributed by atoms with Gasteiger partial charge in [-0.1, -0.05) is 18.2 Å². The fourth-order valence-corrected chi connectivity index (χ4v) is 1.68. The summed E-state index contributed by atoms with van der Waals surface area (Å²) in [6.07, 6.45) is 3.76. The Labute approximate surface area is 108 Å². The van der Waals surface area contributed by atoms with Crippen LogP contribution in [0.15, 0.2) is 48.8 Å². The molecule has 1 heterocycles. The number of pyridine rings is 1. The lowest BCUT2D eigenvalue weighted by Gasteiger charge is -2.14.